The number of halogens is 1. The lowest BCUT2D eigenvalue weighted by atomic mass is 10.1. The molecular weight excluding hydrogens is 468 g/mol. The Kier molecular flexibility index (Phi) is 7.69. The molecule has 2 aromatic carbocycles. The standard InChI is InChI=1S/C27H23ClN2O3S/c1-3-4-13-32-25-10-5-18(15-26(25)31-2)14-20(16-29)27-30-22(17-34-27)24-12-11-23(33-24)19-6-8-21(28)9-7-19/h5-12,14-15,17H,3-4,13H2,1-2H3/b20-14+. The smallest absolute Gasteiger partial charge is 0.161 e. The number of hydrogen-bond acceptors (Lipinski definition) is 6. The summed E-state index contributed by atoms with van der Waals surface area (Å²) in [5.74, 6) is 2.69. The molecule has 0 atom stereocenters. The second kappa shape index (κ2) is 11.1. The second-order valence-corrected chi connectivity index (χ2v) is 8.79. The lowest BCUT2D eigenvalue weighted by molar-refractivity contribution is 0.288. The molecule has 0 aliphatic carbocycles. The van der Waals surface area contributed by atoms with Gasteiger partial charge >= 0.3 is 0 Å². The van der Waals surface area contributed by atoms with Gasteiger partial charge in [-0.05, 0) is 66.6 Å². The molecule has 7 heteroatoms. The van der Waals surface area contributed by atoms with Crippen LogP contribution >= 0.6 is 22.9 Å². The molecule has 0 fully saturated rings. The van der Waals surface area contributed by atoms with E-state index < -0.39 is 0 Å². The number of nitrogens with zero attached hydrogens (tertiary/aromatic N) is 2. The molecule has 0 spiro atoms. The van der Waals surface area contributed by atoms with E-state index in [0.29, 0.717) is 45.2 Å². The summed E-state index contributed by atoms with van der Waals surface area (Å²) in [6.45, 7) is 2.76. The third kappa shape index (κ3) is 5.51. The van der Waals surface area contributed by atoms with E-state index in [-0.39, 0.29) is 0 Å². The largest absolute Gasteiger partial charge is 0.493 e. The van der Waals surface area contributed by atoms with Gasteiger partial charge in [0.1, 0.15) is 22.5 Å². The van der Waals surface area contributed by atoms with Crippen LogP contribution in [0.4, 0.5) is 0 Å². The summed E-state index contributed by atoms with van der Waals surface area (Å²) in [6, 6.07) is 19.1. The van der Waals surface area contributed by atoms with Crippen molar-refractivity contribution in [2.24, 2.45) is 0 Å². The first-order valence-corrected chi connectivity index (χ1v) is 12.1. The van der Waals surface area contributed by atoms with Crippen LogP contribution in [0.15, 0.2) is 64.4 Å². The minimum Gasteiger partial charge on any atom is -0.493 e. The van der Waals surface area contributed by atoms with Crippen molar-refractivity contribution in [1.82, 2.24) is 4.98 Å². The first-order chi connectivity index (χ1) is 16.6. The van der Waals surface area contributed by atoms with E-state index in [1.807, 2.05) is 60.0 Å². The van der Waals surface area contributed by atoms with Crippen molar-refractivity contribution in [1.29, 1.82) is 5.26 Å². The van der Waals surface area contributed by atoms with Crippen molar-refractivity contribution in [3.63, 3.8) is 0 Å². The Hall–Kier alpha value is -3.53. The highest BCUT2D eigenvalue weighted by molar-refractivity contribution is 7.11. The maximum atomic E-state index is 9.78. The molecule has 0 unspecified atom stereocenters. The highest BCUT2D eigenvalue weighted by atomic mass is 35.5. The van der Waals surface area contributed by atoms with Crippen LogP contribution in [0.25, 0.3) is 34.4 Å². The Bertz CT molecular complexity index is 1330. The predicted molar refractivity (Wildman–Crippen MR) is 137 cm³/mol. The van der Waals surface area contributed by atoms with Crippen LogP contribution in [0, 0.1) is 11.3 Å². The number of hydrogen-bond donors (Lipinski definition) is 0. The van der Waals surface area contributed by atoms with Gasteiger partial charge in [0.25, 0.3) is 0 Å². The Morgan fingerprint density at radius 3 is 2.65 bits per heavy atom. The van der Waals surface area contributed by atoms with Crippen LogP contribution < -0.4 is 9.47 Å². The fraction of sp³-hybridized carbons (Fsp3) is 0.185. The number of unbranched alkanes of at least 4 members (excludes halogenated alkanes) is 1. The molecule has 0 aliphatic heterocycles. The predicted octanol–water partition coefficient (Wildman–Crippen LogP) is 7.98. The van der Waals surface area contributed by atoms with Crippen LogP contribution in [-0.4, -0.2) is 18.7 Å². The monoisotopic (exact) mass is 490 g/mol. The van der Waals surface area contributed by atoms with Crippen molar-refractivity contribution in [2.45, 2.75) is 19.8 Å². The number of thiazole rings is 1. The number of ether oxygens (including phenoxy) is 2. The number of furan rings is 1. The first kappa shape index (κ1) is 23.6. The molecule has 4 aromatic rings. The van der Waals surface area contributed by atoms with Crippen molar-refractivity contribution in [2.75, 3.05) is 13.7 Å². The zero-order valence-corrected chi connectivity index (χ0v) is 20.4. The highest BCUT2D eigenvalue weighted by Gasteiger charge is 2.14. The fourth-order valence-electron chi connectivity index (χ4n) is 3.28. The van der Waals surface area contributed by atoms with Gasteiger partial charge in [0.2, 0.25) is 0 Å². The van der Waals surface area contributed by atoms with Gasteiger partial charge in [0.05, 0.1) is 19.3 Å². The van der Waals surface area contributed by atoms with Gasteiger partial charge in [-0.2, -0.15) is 5.26 Å². The Morgan fingerprint density at radius 2 is 1.91 bits per heavy atom. The molecule has 2 aromatic heterocycles. The van der Waals surface area contributed by atoms with Crippen LogP contribution in [0.2, 0.25) is 5.02 Å². The number of aromatic nitrogens is 1. The van der Waals surface area contributed by atoms with E-state index in [1.54, 1.807) is 13.2 Å². The Morgan fingerprint density at radius 1 is 1.12 bits per heavy atom. The highest BCUT2D eigenvalue weighted by Crippen LogP contribution is 2.33. The molecule has 0 amide bonds. The minimum absolute atomic E-state index is 0.461. The van der Waals surface area contributed by atoms with Crippen molar-refractivity contribution in [3.05, 3.63) is 75.6 Å². The number of allylic oxidation sites excluding steroid dienone is 1. The number of benzene rings is 2. The molecule has 0 saturated heterocycles. The lowest BCUT2D eigenvalue weighted by Crippen LogP contribution is -1.99. The van der Waals surface area contributed by atoms with E-state index in [0.717, 1.165) is 29.7 Å². The summed E-state index contributed by atoms with van der Waals surface area (Å²) in [7, 11) is 1.61. The van der Waals surface area contributed by atoms with Crippen molar-refractivity contribution >= 4 is 34.6 Å². The van der Waals surface area contributed by atoms with Crippen molar-refractivity contribution < 1.29 is 13.9 Å². The molecule has 4 rings (SSSR count). The summed E-state index contributed by atoms with van der Waals surface area (Å²) in [5, 5.41) is 13.0. The third-order valence-corrected chi connectivity index (χ3v) is 6.22. The Balaban J connectivity index is 1.55. The zero-order chi connectivity index (χ0) is 23.9. The zero-order valence-electron chi connectivity index (χ0n) is 18.9. The lowest BCUT2D eigenvalue weighted by Gasteiger charge is -2.11. The molecule has 0 bridgehead atoms. The van der Waals surface area contributed by atoms with E-state index in [9.17, 15) is 5.26 Å². The van der Waals surface area contributed by atoms with Crippen LogP contribution in [0.1, 0.15) is 30.3 Å². The molecule has 2 heterocycles. The van der Waals surface area contributed by atoms with Crippen molar-refractivity contribution in [3.8, 4) is 40.3 Å². The average Bonchev–Trinajstić information content (AvgIpc) is 3.54. The summed E-state index contributed by atoms with van der Waals surface area (Å²) in [4.78, 5) is 4.64. The minimum atomic E-state index is 0.461. The second-order valence-electron chi connectivity index (χ2n) is 7.49. The summed E-state index contributed by atoms with van der Waals surface area (Å²) in [5.41, 5.74) is 2.90. The molecule has 0 N–H and O–H groups in total. The van der Waals surface area contributed by atoms with Gasteiger partial charge in [-0.1, -0.05) is 31.0 Å². The van der Waals surface area contributed by atoms with Gasteiger partial charge in [-0.3, -0.25) is 0 Å². The average molecular weight is 491 g/mol. The summed E-state index contributed by atoms with van der Waals surface area (Å²) in [6.07, 6.45) is 3.83. The molecule has 0 saturated carbocycles. The Labute approximate surface area is 207 Å². The van der Waals surface area contributed by atoms with Gasteiger partial charge in [-0.25, -0.2) is 4.98 Å². The van der Waals surface area contributed by atoms with Crippen LogP contribution in [0.5, 0.6) is 11.5 Å². The molecule has 0 radical (unpaired) electrons. The molecule has 172 valence electrons. The number of nitriles is 1. The molecular formula is C27H23ClN2O3S. The molecule has 34 heavy (non-hydrogen) atoms. The quantitative estimate of drug-likeness (QED) is 0.176. The van der Waals surface area contributed by atoms with E-state index in [1.165, 1.54) is 11.3 Å². The van der Waals surface area contributed by atoms with Gasteiger partial charge in [-0.15, -0.1) is 11.3 Å². The normalized spacial score (nSPS) is 11.3. The summed E-state index contributed by atoms with van der Waals surface area (Å²) < 4.78 is 17.3. The first-order valence-electron chi connectivity index (χ1n) is 10.9. The third-order valence-electron chi connectivity index (χ3n) is 5.10. The maximum absolute atomic E-state index is 9.78. The fourth-order valence-corrected chi connectivity index (χ4v) is 4.18. The van der Waals surface area contributed by atoms with Gasteiger partial charge in [0, 0.05) is 16.0 Å². The number of rotatable bonds is 9. The summed E-state index contributed by atoms with van der Waals surface area (Å²) >= 11 is 7.37. The number of methoxy groups -OCH3 is 1. The van der Waals surface area contributed by atoms with E-state index in [4.69, 9.17) is 25.5 Å². The van der Waals surface area contributed by atoms with Crippen LogP contribution in [-0.2, 0) is 0 Å². The van der Waals surface area contributed by atoms with Gasteiger partial charge in [0.15, 0.2) is 17.3 Å². The van der Waals surface area contributed by atoms with E-state index in [2.05, 4.69) is 18.0 Å². The topological polar surface area (TPSA) is 68.3 Å². The SMILES string of the molecule is CCCCOc1ccc(/C=C(\C#N)c2nc(-c3ccc(-c4ccc(Cl)cc4)o3)cs2)cc1OC. The van der Waals surface area contributed by atoms with Gasteiger partial charge < -0.3 is 13.9 Å². The van der Waals surface area contributed by atoms with E-state index >= 15 is 0 Å². The van der Waals surface area contributed by atoms with Crippen LogP contribution in [0.3, 0.4) is 0 Å². The maximum Gasteiger partial charge on any atom is 0.161 e. The molecule has 0 aliphatic rings. The molecule has 5 nitrogen and oxygen atoms in total.